The number of ether oxygens (including phenoxy) is 1. The van der Waals surface area contributed by atoms with Crippen LogP contribution in [-0.4, -0.2) is 73.9 Å². The smallest absolute Gasteiger partial charge is 0.307 e. The van der Waals surface area contributed by atoms with E-state index < -0.39 is 33.7 Å². The van der Waals surface area contributed by atoms with Crippen molar-refractivity contribution in [2.24, 2.45) is 21.1 Å². The number of carbonyl (C=O) groups is 4. The number of hydrogen-bond donors (Lipinski definition) is 4. The molecule has 1 aromatic carbocycles. The number of rotatable bonds is 12. The SMILES string of the molecule is CCOC(=O)CCNC(=O)c1nc(NC(=O)c2nc(NC(=O)c3nc(NS(=O)(=O)c4ccc(Br)cc4)cn3C)cn2C)cn1C. The fourth-order valence-electron chi connectivity index (χ4n) is 3.95. The van der Waals surface area contributed by atoms with Crippen molar-refractivity contribution in [1.82, 2.24) is 34.0 Å². The van der Waals surface area contributed by atoms with Crippen molar-refractivity contribution in [3.8, 4) is 0 Å². The van der Waals surface area contributed by atoms with Gasteiger partial charge in [-0.1, -0.05) is 15.9 Å². The predicted molar refractivity (Wildman–Crippen MR) is 164 cm³/mol. The number of carbonyl (C=O) groups excluding carboxylic acids is 4. The van der Waals surface area contributed by atoms with E-state index in [-0.39, 0.29) is 59.4 Å². The highest BCUT2D eigenvalue weighted by Crippen LogP contribution is 2.19. The van der Waals surface area contributed by atoms with Gasteiger partial charge in [0.1, 0.15) is 0 Å². The lowest BCUT2D eigenvalue weighted by atomic mass is 10.4. The average molecular weight is 706 g/mol. The number of nitrogens with zero attached hydrogens (tertiary/aromatic N) is 6. The molecule has 17 nitrogen and oxygen atoms in total. The van der Waals surface area contributed by atoms with E-state index in [2.05, 4.69) is 51.6 Å². The van der Waals surface area contributed by atoms with Crippen molar-refractivity contribution in [3.63, 3.8) is 0 Å². The normalized spacial score (nSPS) is 11.1. The van der Waals surface area contributed by atoms with Gasteiger partial charge in [-0.25, -0.2) is 23.4 Å². The first-order chi connectivity index (χ1) is 21.3. The number of imidazole rings is 3. The van der Waals surface area contributed by atoms with Crippen LogP contribution in [0.25, 0.3) is 0 Å². The molecule has 0 fully saturated rings. The van der Waals surface area contributed by atoms with Crippen molar-refractivity contribution >= 4 is 67.1 Å². The zero-order valence-corrected chi connectivity index (χ0v) is 26.9. The number of aryl methyl sites for hydroxylation is 3. The Morgan fingerprint density at radius 1 is 0.778 bits per heavy atom. The minimum absolute atomic E-state index is 0.00155. The van der Waals surface area contributed by atoms with Crippen LogP contribution in [0, 0.1) is 0 Å². The lowest BCUT2D eigenvalue weighted by molar-refractivity contribution is -0.142. The molecule has 0 aliphatic carbocycles. The molecule has 0 saturated carbocycles. The van der Waals surface area contributed by atoms with Crippen molar-refractivity contribution in [2.45, 2.75) is 18.2 Å². The maximum atomic E-state index is 12.9. The van der Waals surface area contributed by atoms with Crippen LogP contribution in [0.1, 0.15) is 45.2 Å². The highest BCUT2D eigenvalue weighted by atomic mass is 79.9. The van der Waals surface area contributed by atoms with E-state index in [0.717, 1.165) is 0 Å². The number of sulfonamides is 1. The summed E-state index contributed by atoms with van der Waals surface area (Å²) in [6, 6.07) is 5.99. The molecule has 0 aliphatic rings. The van der Waals surface area contributed by atoms with Crippen LogP contribution in [0.15, 0.2) is 52.2 Å². The zero-order chi connectivity index (χ0) is 32.9. The van der Waals surface area contributed by atoms with Gasteiger partial charge in [0.05, 0.1) is 17.9 Å². The Labute approximate surface area is 265 Å². The molecule has 0 spiro atoms. The molecule has 0 bridgehead atoms. The summed E-state index contributed by atoms with van der Waals surface area (Å²) < 4.78 is 37.4. The Balaban J connectivity index is 1.38. The molecule has 3 aromatic heterocycles. The first kappa shape index (κ1) is 32.9. The number of hydrogen-bond acceptors (Lipinski definition) is 10. The van der Waals surface area contributed by atoms with Gasteiger partial charge < -0.3 is 34.4 Å². The Bertz CT molecular complexity index is 1860. The second-order valence-corrected chi connectivity index (χ2v) is 12.1. The molecule has 0 atom stereocenters. The van der Waals surface area contributed by atoms with Gasteiger partial charge in [-0.2, -0.15) is 0 Å². The molecule has 45 heavy (non-hydrogen) atoms. The van der Waals surface area contributed by atoms with E-state index in [1.165, 1.54) is 58.5 Å². The molecule has 238 valence electrons. The molecule has 4 N–H and O–H groups in total. The van der Waals surface area contributed by atoms with Gasteiger partial charge in [0.25, 0.3) is 27.7 Å². The van der Waals surface area contributed by atoms with Gasteiger partial charge in [0.2, 0.25) is 17.5 Å². The van der Waals surface area contributed by atoms with Crippen LogP contribution < -0.4 is 20.7 Å². The number of halogens is 1. The van der Waals surface area contributed by atoms with E-state index in [4.69, 9.17) is 4.74 Å². The molecule has 3 amide bonds. The van der Waals surface area contributed by atoms with Gasteiger partial charge >= 0.3 is 5.97 Å². The first-order valence-electron chi connectivity index (χ1n) is 13.2. The van der Waals surface area contributed by atoms with Crippen molar-refractivity contribution in [1.29, 1.82) is 0 Å². The number of nitrogens with one attached hydrogen (secondary N) is 4. The maximum Gasteiger partial charge on any atom is 0.307 e. The van der Waals surface area contributed by atoms with E-state index >= 15 is 0 Å². The second-order valence-electron chi connectivity index (χ2n) is 9.46. The van der Waals surface area contributed by atoms with Crippen LogP contribution in [-0.2, 0) is 40.7 Å². The number of anilines is 3. The van der Waals surface area contributed by atoms with Gasteiger partial charge in [-0.3, -0.25) is 23.9 Å². The topological polar surface area (TPSA) is 213 Å². The number of esters is 1. The Morgan fingerprint density at radius 2 is 1.24 bits per heavy atom. The largest absolute Gasteiger partial charge is 0.466 e. The minimum atomic E-state index is -3.96. The van der Waals surface area contributed by atoms with Crippen LogP contribution >= 0.6 is 15.9 Å². The highest BCUT2D eigenvalue weighted by Gasteiger charge is 2.22. The van der Waals surface area contributed by atoms with Crippen molar-refractivity contribution in [2.75, 3.05) is 28.5 Å². The monoisotopic (exact) mass is 704 g/mol. The summed E-state index contributed by atoms with van der Waals surface area (Å²) in [5.74, 6) is -2.57. The molecule has 0 saturated heterocycles. The fraction of sp³-hybridized carbons (Fsp3) is 0.269. The van der Waals surface area contributed by atoms with Gasteiger partial charge in [-0.05, 0) is 31.2 Å². The molecule has 4 rings (SSSR count). The lowest BCUT2D eigenvalue weighted by Crippen LogP contribution is -2.28. The summed E-state index contributed by atoms with van der Waals surface area (Å²) in [7, 11) is 0.654. The molecular formula is C26H29BrN10O7S. The summed E-state index contributed by atoms with van der Waals surface area (Å²) in [6.45, 7) is 1.97. The third kappa shape index (κ3) is 8.12. The summed E-state index contributed by atoms with van der Waals surface area (Å²) in [4.78, 5) is 62.2. The Hall–Kier alpha value is -5.04. The van der Waals surface area contributed by atoms with E-state index in [9.17, 15) is 27.6 Å². The summed E-state index contributed by atoms with van der Waals surface area (Å²) in [6.07, 6.45) is 4.16. The van der Waals surface area contributed by atoms with Crippen molar-refractivity contribution in [3.05, 3.63) is 64.8 Å². The number of benzene rings is 1. The highest BCUT2D eigenvalue weighted by molar-refractivity contribution is 9.10. The molecular weight excluding hydrogens is 676 g/mol. The predicted octanol–water partition coefficient (Wildman–Crippen LogP) is 1.64. The molecule has 0 radical (unpaired) electrons. The lowest BCUT2D eigenvalue weighted by Gasteiger charge is -2.05. The van der Waals surface area contributed by atoms with Gasteiger partial charge in [0, 0.05) is 50.8 Å². The van der Waals surface area contributed by atoms with Gasteiger partial charge in [-0.15, -0.1) is 0 Å². The fourth-order valence-corrected chi connectivity index (χ4v) is 5.20. The summed E-state index contributed by atoms with van der Waals surface area (Å²) >= 11 is 3.25. The first-order valence-corrected chi connectivity index (χ1v) is 15.5. The Kier molecular flexibility index (Phi) is 10.0. The van der Waals surface area contributed by atoms with E-state index in [1.807, 2.05) is 0 Å². The molecule has 3 heterocycles. The van der Waals surface area contributed by atoms with Crippen LogP contribution in [0.5, 0.6) is 0 Å². The quantitative estimate of drug-likeness (QED) is 0.156. The third-order valence-electron chi connectivity index (χ3n) is 6.00. The minimum Gasteiger partial charge on any atom is -0.466 e. The van der Waals surface area contributed by atoms with E-state index in [1.54, 1.807) is 26.1 Å². The average Bonchev–Trinajstić information content (AvgIpc) is 3.64. The maximum absolute atomic E-state index is 12.9. The van der Waals surface area contributed by atoms with Gasteiger partial charge in [0.15, 0.2) is 17.5 Å². The summed E-state index contributed by atoms with van der Waals surface area (Å²) in [5.41, 5.74) is 0. The standard InChI is InChI=1S/C26H29BrN10O7S/c1-5-44-20(38)10-11-28-24(39)21-29-17(12-35(21)2)32-25(40)22-30-18(13-36(22)3)33-26(41)23-31-19(14-37(23)4)34-45(42,43)16-8-6-15(27)7-9-16/h6-9,12-14,34H,5,10-11H2,1-4H3,(H,28,39)(H,32,40)(H,33,41). The molecule has 19 heteroatoms. The van der Waals surface area contributed by atoms with Crippen LogP contribution in [0.3, 0.4) is 0 Å². The third-order valence-corrected chi connectivity index (χ3v) is 7.90. The zero-order valence-electron chi connectivity index (χ0n) is 24.5. The molecule has 4 aromatic rings. The number of amides is 3. The van der Waals surface area contributed by atoms with Crippen LogP contribution in [0.4, 0.5) is 17.5 Å². The Morgan fingerprint density at radius 3 is 1.76 bits per heavy atom. The van der Waals surface area contributed by atoms with Crippen LogP contribution in [0.2, 0.25) is 0 Å². The molecule has 0 unspecified atom stereocenters. The molecule has 0 aliphatic heterocycles. The van der Waals surface area contributed by atoms with E-state index in [0.29, 0.717) is 4.47 Å². The van der Waals surface area contributed by atoms with Crippen molar-refractivity contribution < 1.29 is 32.3 Å². The second kappa shape index (κ2) is 13.7. The number of aromatic nitrogens is 6. The summed E-state index contributed by atoms with van der Waals surface area (Å²) in [5, 5.41) is 7.65.